The number of nitrogens with two attached hydrogens (primary N) is 1. The van der Waals surface area contributed by atoms with Gasteiger partial charge in [0.1, 0.15) is 16.8 Å². The number of H-pyrrole nitrogens is 1. The SMILES string of the molecule is NCCOc1ccc(Nc2nc[nH]c(=O)c2Br)cc1. The van der Waals surface area contributed by atoms with Crippen LogP contribution < -0.4 is 21.3 Å². The summed E-state index contributed by atoms with van der Waals surface area (Å²) in [4.78, 5) is 17.9. The van der Waals surface area contributed by atoms with Gasteiger partial charge in [0.25, 0.3) is 5.56 Å². The number of nitrogens with zero attached hydrogens (tertiary/aromatic N) is 1. The number of aromatic amines is 1. The normalized spacial score (nSPS) is 10.2. The van der Waals surface area contributed by atoms with Gasteiger partial charge in [-0.2, -0.15) is 0 Å². The van der Waals surface area contributed by atoms with Crippen LogP contribution in [0.4, 0.5) is 11.5 Å². The zero-order valence-electron chi connectivity index (χ0n) is 10.0. The van der Waals surface area contributed by atoms with Gasteiger partial charge in [0.05, 0.1) is 6.33 Å². The van der Waals surface area contributed by atoms with E-state index in [4.69, 9.17) is 10.5 Å². The van der Waals surface area contributed by atoms with Gasteiger partial charge in [-0.05, 0) is 40.2 Å². The molecule has 2 rings (SSSR count). The first-order valence-electron chi connectivity index (χ1n) is 5.64. The van der Waals surface area contributed by atoms with Crippen LogP contribution in [0.15, 0.2) is 39.9 Å². The molecule has 0 unspecified atom stereocenters. The smallest absolute Gasteiger partial charge is 0.267 e. The Bertz CT molecular complexity index is 597. The molecule has 1 heterocycles. The number of nitrogens with one attached hydrogen (secondary N) is 2. The van der Waals surface area contributed by atoms with Gasteiger partial charge in [-0.15, -0.1) is 0 Å². The van der Waals surface area contributed by atoms with Crippen LogP contribution in [-0.2, 0) is 0 Å². The maximum atomic E-state index is 11.4. The van der Waals surface area contributed by atoms with E-state index in [1.807, 2.05) is 24.3 Å². The zero-order chi connectivity index (χ0) is 13.7. The number of hydrogen-bond donors (Lipinski definition) is 3. The number of aromatic nitrogens is 2. The summed E-state index contributed by atoms with van der Waals surface area (Å²) >= 11 is 3.18. The Balaban J connectivity index is 2.11. The fourth-order valence-electron chi connectivity index (χ4n) is 1.42. The predicted octanol–water partition coefficient (Wildman–Crippen LogP) is 1.61. The fourth-order valence-corrected chi connectivity index (χ4v) is 1.73. The minimum absolute atomic E-state index is 0.236. The van der Waals surface area contributed by atoms with E-state index in [0.29, 0.717) is 23.4 Å². The molecule has 0 aliphatic heterocycles. The highest BCUT2D eigenvalue weighted by Crippen LogP contribution is 2.21. The lowest BCUT2D eigenvalue weighted by atomic mass is 10.3. The second-order valence-electron chi connectivity index (χ2n) is 3.68. The van der Waals surface area contributed by atoms with Crippen molar-refractivity contribution in [3.05, 3.63) is 45.4 Å². The zero-order valence-corrected chi connectivity index (χ0v) is 11.6. The number of ether oxygens (including phenoxy) is 1. The van der Waals surface area contributed by atoms with Crippen LogP contribution in [0.25, 0.3) is 0 Å². The summed E-state index contributed by atoms with van der Waals surface area (Å²) in [5.74, 6) is 1.20. The summed E-state index contributed by atoms with van der Waals surface area (Å²) in [6.45, 7) is 0.956. The Labute approximate surface area is 118 Å². The van der Waals surface area contributed by atoms with Crippen molar-refractivity contribution >= 4 is 27.4 Å². The third kappa shape index (κ3) is 3.55. The number of anilines is 2. The molecule has 0 radical (unpaired) electrons. The van der Waals surface area contributed by atoms with E-state index < -0.39 is 0 Å². The summed E-state index contributed by atoms with van der Waals surface area (Å²) in [7, 11) is 0. The van der Waals surface area contributed by atoms with E-state index in [1.54, 1.807) is 0 Å². The molecule has 0 spiro atoms. The van der Waals surface area contributed by atoms with Gasteiger partial charge >= 0.3 is 0 Å². The number of halogens is 1. The van der Waals surface area contributed by atoms with E-state index in [9.17, 15) is 4.79 Å². The van der Waals surface area contributed by atoms with E-state index in [-0.39, 0.29) is 5.56 Å². The van der Waals surface area contributed by atoms with Crippen molar-refractivity contribution in [2.24, 2.45) is 5.73 Å². The van der Waals surface area contributed by atoms with Crippen molar-refractivity contribution < 1.29 is 4.74 Å². The van der Waals surface area contributed by atoms with Crippen LogP contribution in [0.1, 0.15) is 0 Å². The molecule has 6 nitrogen and oxygen atoms in total. The average molecular weight is 325 g/mol. The Hall–Kier alpha value is -1.86. The van der Waals surface area contributed by atoms with Crippen LogP contribution in [0.2, 0.25) is 0 Å². The first-order chi connectivity index (χ1) is 9.20. The Morgan fingerprint density at radius 1 is 1.37 bits per heavy atom. The third-order valence-electron chi connectivity index (χ3n) is 2.30. The molecule has 0 aliphatic rings. The molecule has 0 bridgehead atoms. The molecular weight excluding hydrogens is 312 g/mol. The van der Waals surface area contributed by atoms with Crippen molar-refractivity contribution in [3.63, 3.8) is 0 Å². The lowest BCUT2D eigenvalue weighted by Crippen LogP contribution is -2.11. The second-order valence-corrected chi connectivity index (χ2v) is 4.47. The predicted molar refractivity (Wildman–Crippen MR) is 76.8 cm³/mol. The highest BCUT2D eigenvalue weighted by molar-refractivity contribution is 9.10. The standard InChI is InChI=1S/C12H13BrN4O2/c13-10-11(15-7-16-12(10)18)17-8-1-3-9(4-2-8)19-6-5-14/h1-4,7H,5-6,14H2,(H2,15,16,17,18). The molecule has 1 aromatic heterocycles. The number of hydrogen-bond acceptors (Lipinski definition) is 5. The van der Waals surface area contributed by atoms with Crippen LogP contribution in [0.3, 0.4) is 0 Å². The van der Waals surface area contributed by atoms with Crippen molar-refractivity contribution in [1.82, 2.24) is 9.97 Å². The fraction of sp³-hybridized carbons (Fsp3) is 0.167. The first-order valence-corrected chi connectivity index (χ1v) is 6.43. The molecule has 0 fully saturated rings. The summed E-state index contributed by atoms with van der Waals surface area (Å²) in [6, 6.07) is 7.31. The molecule has 2 aromatic rings. The van der Waals surface area contributed by atoms with E-state index >= 15 is 0 Å². The van der Waals surface area contributed by atoms with Crippen LogP contribution >= 0.6 is 15.9 Å². The van der Waals surface area contributed by atoms with Crippen LogP contribution in [0, 0.1) is 0 Å². The van der Waals surface area contributed by atoms with Gasteiger partial charge in [0.15, 0.2) is 5.82 Å². The molecule has 7 heteroatoms. The molecule has 19 heavy (non-hydrogen) atoms. The molecule has 0 atom stereocenters. The third-order valence-corrected chi connectivity index (χ3v) is 3.04. The van der Waals surface area contributed by atoms with Gasteiger partial charge in [0.2, 0.25) is 0 Å². The largest absolute Gasteiger partial charge is 0.492 e. The lowest BCUT2D eigenvalue weighted by Gasteiger charge is -2.08. The van der Waals surface area contributed by atoms with Gasteiger partial charge in [-0.3, -0.25) is 4.79 Å². The van der Waals surface area contributed by atoms with Crippen LogP contribution in [-0.4, -0.2) is 23.1 Å². The highest BCUT2D eigenvalue weighted by Gasteiger charge is 2.05. The Morgan fingerprint density at radius 3 is 2.79 bits per heavy atom. The summed E-state index contributed by atoms with van der Waals surface area (Å²) < 4.78 is 5.73. The minimum Gasteiger partial charge on any atom is -0.492 e. The molecule has 0 aliphatic carbocycles. The van der Waals surface area contributed by atoms with Gasteiger partial charge < -0.3 is 20.8 Å². The summed E-state index contributed by atoms with van der Waals surface area (Å²) in [5.41, 5.74) is 5.92. The molecule has 1 aromatic carbocycles. The van der Waals surface area contributed by atoms with E-state index in [2.05, 4.69) is 31.2 Å². The minimum atomic E-state index is -0.236. The van der Waals surface area contributed by atoms with Crippen LogP contribution in [0.5, 0.6) is 5.75 Å². The molecule has 0 amide bonds. The summed E-state index contributed by atoms with van der Waals surface area (Å²) in [6.07, 6.45) is 1.34. The average Bonchev–Trinajstić information content (AvgIpc) is 2.43. The quantitative estimate of drug-likeness (QED) is 0.777. The summed E-state index contributed by atoms with van der Waals surface area (Å²) in [5, 5.41) is 3.04. The maximum Gasteiger partial charge on any atom is 0.267 e. The van der Waals surface area contributed by atoms with E-state index in [1.165, 1.54) is 6.33 Å². The molecule has 100 valence electrons. The van der Waals surface area contributed by atoms with Gasteiger partial charge in [-0.25, -0.2) is 4.98 Å². The number of rotatable bonds is 5. The van der Waals surface area contributed by atoms with Crippen molar-refractivity contribution in [2.45, 2.75) is 0 Å². The van der Waals surface area contributed by atoms with Crippen molar-refractivity contribution in [3.8, 4) is 5.75 Å². The highest BCUT2D eigenvalue weighted by atomic mass is 79.9. The van der Waals surface area contributed by atoms with E-state index in [0.717, 1.165) is 11.4 Å². The van der Waals surface area contributed by atoms with Gasteiger partial charge in [0, 0.05) is 12.2 Å². The molecule has 4 N–H and O–H groups in total. The second kappa shape index (κ2) is 6.35. The first kappa shape index (κ1) is 13.6. The Kier molecular flexibility index (Phi) is 4.53. The van der Waals surface area contributed by atoms with Crippen molar-refractivity contribution in [2.75, 3.05) is 18.5 Å². The maximum absolute atomic E-state index is 11.4. The monoisotopic (exact) mass is 324 g/mol. The number of benzene rings is 1. The Morgan fingerprint density at radius 2 is 2.11 bits per heavy atom. The van der Waals surface area contributed by atoms with Gasteiger partial charge in [-0.1, -0.05) is 0 Å². The molecule has 0 saturated carbocycles. The lowest BCUT2D eigenvalue weighted by molar-refractivity contribution is 0.328. The topological polar surface area (TPSA) is 93.0 Å². The molecule has 0 saturated heterocycles. The van der Waals surface area contributed by atoms with Crippen molar-refractivity contribution in [1.29, 1.82) is 0 Å². The molecular formula is C12H13BrN4O2.